The van der Waals surface area contributed by atoms with Gasteiger partial charge in [0.05, 0.1) is 18.8 Å². The highest BCUT2D eigenvalue weighted by Gasteiger charge is 2.06. The molecule has 0 atom stereocenters. The maximum absolute atomic E-state index is 10.4. The van der Waals surface area contributed by atoms with Gasteiger partial charge in [-0.2, -0.15) is 0 Å². The van der Waals surface area contributed by atoms with Gasteiger partial charge in [-0.3, -0.25) is 0 Å². The molecule has 146 valence electrons. The molecule has 0 unspecified atom stereocenters. The van der Waals surface area contributed by atoms with Crippen LogP contribution in [0, 0.1) is 0 Å². The Morgan fingerprint density at radius 3 is 2.35 bits per heavy atom. The van der Waals surface area contributed by atoms with Crippen LogP contribution in [0.3, 0.4) is 0 Å². The molecule has 1 aliphatic heterocycles. The van der Waals surface area contributed by atoms with Crippen molar-refractivity contribution in [3.05, 3.63) is 47.8 Å². The molecule has 0 aromatic heterocycles. The molecule has 1 aromatic carbocycles. The molecule has 0 fully saturated rings. The van der Waals surface area contributed by atoms with Crippen molar-refractivity contribution in [3.63, 3.8) is 0 Å². The minimum absolute atomic E-state index is 0.124. The smallest absolute Gasteiger partial charge is 0.335 e. The zero-order valence-corrected chi connectivity index (χ0v) is 16.2. The summed E-state index contributed by atoms with van der Waals surface area (Å²) in [7, 11) is 2.13. The number of rotatable bonds is 10. The number of aliphatic hydroxyl groups is 1. The molecule has 1 aliphatic rings. The summed E-state index contributed by atoms with van der Waals surface area (Å²) >= 11 is 0. The summed E-state index contributed by atoms with van der Waals surface area (Å²) in [5, 5.41) is 17.2. The number of hydrogen-bond acceptors (Lipinski definition) is 4. The number of carbonyl (C=O) groups is 1. The lowest BCUT2D eigenvalue weighted by molar-refractivity contribution is 0.0696. The molecule has 2 N–H and O–H groups in total. The lowest BCUT2D eigenvalue weighted by Gasteiger charge is -2.17. The van der Waals surface area contributed by atoms with Crippen molar-refractivity contribution >= 4 is 5.97 Å². The van der Waals surface area contributed by atoms with E-state index in [2.05, 4.69) is 36.2 Å². The van der Waals surface area contributed by atoms with E-state index in [-0.39, 0.29) is 12.2 Å². The van der Waals surface area contributed by atoms with Gasteiger partial charge in [0.1, 0.15) is 0 Å². The predicted molar refractivity (Wildman–Crippen MR) is 106 cm³/mol. The number of aliphatic hydroxyl groups excluding tert-OH is 1. The van der Waals surface area contributed by atoms with Crippen molar-refractivity contribution in [1.82, 2.24) is 9.80 Å². The summed E-state index contributed by atoms with van der Waals surface area (Å²) in [5.74, 6) is -0.972. The number of carboxylic acids is 1. The maximum atomic E-state index is 10.4. The van der Waals surface area contributed by atoms with Crippen molar-refractivity contribution in [1.29, 1.82) is 0 Å². The normalized spacial score (nSPS) is 12.9. The minimum atomic E-state index is -0.972. The van der Waals surface area contributed by atoms with Crippen LogP contribution in [0.5, 0.6) is 0 Å². The van der Waals surface area contributed by atoms with Gasteiger partial charge in [0.25, 0.3) is 0 Å². The van der Waals surface area contributed by atoms with E-state index < -0.39 is 5.97 Å². The number of aromatic carboxylic acids is 1. The molecule has 1 aromatic rings. The van der Waals surface area contributed by atoms with Crippen molar-refractivity contribution in [2.24, 2.45) is 0 Å². The van der Waals surface area contributed by atoms with E-state index in [1.165, 1.54) is 63.6 Å². The SMILES string of the molecule is CCCCCCCCCN1C=CN(C)C1.O=C(O)c1cccc(CO)c1. The minimum Gasteiger partial charge on any atom is -0.478 e. The standard InChI is InChI=1S/C13H26N2.C8H8O3/c1-3-4-5-6-7-8-9-10-15-12-11-14(2)13-15;9-5-6-2-1-3-7(4-6)8(10)11/h11-12H,3-10,13H2,1-2H3;1-4,9H,5H2,(H,10,11). The topological polar surface area (TPSA) is 64.0 Å². The summed E-state index contributed by atoms with van der Waals surface area (Å²) in [4.78, 5) is 15.0. The molecule has 26 heavy (non-hydrogen) atoms. The second-order valence-electron chi connectivity index (χ2n) is 6.79. The average molecular weight is 363 g/mol. The Balaban J connectivity index is 0.000000273. The van der Waals surface area contributed by atoms with Gasteiger partial charge >= 0.3 is 5.97 Å². The molecular weight excluding hydrogens is 328 g/mol. The first kappa shape index (κ1) is 22.0. The van der Waals surface area contributed by atoms with E-state index in [1.54, 1.807) is 12.1 Å². The third kappa shape index (κ3) is 9.47. The second kappa shape index (κ2) is 13.2. The fourth-order valence-electron chi connectivity index (χ4n) is 2.81. The van der Waals surface area contributed by atoms with Crippen LogP contribution in [0.4, 0.5) is 0 Å². The maximum Gasteiger partial charge on any atom is 0.335 e. The van der Waals surface area contributed by atoms with Crippen molar-refractivity contribution in [3.8, 4) is 0 Å². The molecule has 5 nitrogen and oxygen atoms in total. The van der Waals surface area contributed by atoms with Gasteiger partial charge in [-0.1, -0.05) is 57.6 Å². The van der Waals surface area contributed by atoms with Crippen molar-refractivity contribution in [2.75, 3.05) is 20.3 Å². The zero-order chi connectivity index (χ0) is 19.2. The van der Waals surface area contributed by atoms with Crippen molar-refractivity contribution in [2.45, 2.75) is 58.5 Å². The van der Waals surface area contributed by atoms with Crippen LogP contribution in [0.2, 0.25) is 0 Å². The van der Waals surface area contributed by atoms with E-state index in [4.69, 9.17) is 10.2 Å². The molecule has 0 saturated carbocycles. The van der Waals surface area contributed by atoms with Gasteiger partial charge in [-0.15, -0.1) is 0 Å². The second-order valence-corrected chi connectivity index (χ2v) is 6.79. The molecule has 2 rings (SSSR count). The Morgan fingerprint density at radius 2 is 1.77 bits per heavy atom. The molecule has 0 aliphatic carbocycles. The van der Waals surface area contributed by atoms with Crippen LogP contribution in [-0.2, 0) is 6.61 Å². The van der Waals surface area contributed by atoms with Crippen LogP contribution in [0.1, 0.15) is 67.8 Å². The van der Waals surface area contributed by atoms with Crippen LogP contribution in [0.15, 0.2) is 36.7 Å². The predicted octanol–water partition coefficient (Wildman–Crippen LogP) is 4.29. The quantitative estimate of drug-likeness (QED) is 0.608. The Labute approximate surface area is 157 Å². The lowest BCUT2D eigenvalue weighted by Crippen LogP contribution is -2.23. The van der Waals surface area contributed by atoms with Crippen LogP contribution in [0.25, 0.3) is 0 Å². The first-order valence-corrected chi connectivity index (χ1v) is 9.62. The van der Waals surface area contributed by atoms with E-state index >= 15 is 0 Å². The fraction of sp³-hybridized carbons (Fsp3) is 0.571. The summed E-state index contributed by atoms with van der Waals surface area (Å²) in [5.41, 5.74) is 0.821. The summed E-state index contributed by atoms with van der Waals surface area (Å²) in [6.45, 7) is 4.46. The number of nitrogens with zero attached hydrogens (tertiary/aromatic N) is 2. The Kier molecular flexibility index (Phi) is 11.2. The first-order valence-electron chi connectivity index (χ1n) is 9.62. The Hall–Kier alpha value is -2.01. The number of hydrogen-bond donors (Lipinski definition) is 2. The first-order chi connectivity index (χ1) is 12.6. The van der Waals surface area contributed by atoms with Crippen LogP contribution < -0.4 is 0 Å². The monoisotopic (exact) mass is 362 g/mol. The average Bonchev–Trinajstić information content (AvgIpc) is 3.06. The molecule has 0 bridgehead atoms. The van der Waals surface area contributed by atoms with Crippen molar-refractivity contribution < 1.29 is 15.0 Å². The van der Waals surface area contributed by atoms with E-state index in [1.807, 2.05) is 0 Å². The fourth-order valence-corrected chi connectivity index (χ4v) is 2.81. The summed E-state index contributed by atoms with van der Waals surface area (Å²) in [6.07, 6.45) is 14.2. The summed E-state index contributed by atoms with van der Waals surface area (Å²) in [6, 6.07) is 6.21. The van der Waals surface area contributed by atoms with Crippen LogP contribution in [-0.4, -0.2) is 46.2 Å². The lowest BCUT2D eigenvalue weighted by atomic mass is 10.1. The van der Waals surface area contributed by atoms with E-state index in [9.17, 15) is 4.79 Å². The molecule has 0 saturated heterocycles. The summed E-state index contributed by atoms with van der Waals surface area (Å²) < 4.78 is 0. The number of benzene rings is 1. The molecule has 0 radical (unpaired) electrons. The number of carboxylic acid groups (broad SMARTS) is 1. The van der Waals surface area contributed by atoms with E-state index in [0.29, 0.717) is 5.56 Å². The highest BCUT2D eigenvalue weighted by molar-refractivity contribution is 5.87. The largest absolute Gasteiger partial charge is 0.478 e. The van der Waals surface area contributed by atoms with E-state index in [0.717, 1.165) is 6.67 Å². The Bertz CT molecular complexity index is 546. The highest BCUT2D eigenvalue weighted by Crippen LogP contribution is 2.09. The zero-order valence-electron chi connectivity index (χ0n) is 16.2. The van der Waals surface area contributed by atoms with Gasteiger partial charge < -0.3 is 20.0 Å². The van der Waals surface area contributed by atoms with Gasteiger partial charge in [-0.25, -0.2) is 4.79 Å². The molecule has 5 heteroatoms. The molecular formula is C21H34N2O3. The van der Waals surface area contributed by atoms with Gasteiger partial charge in [0.15, 0.2) is 0 Å². The Morgan fingerprint density at radius 1 is 1.08 bits per heavy atom. The number of unbranched alkanes of at least 4 members (excludes halogenated alkanes) is 6. The highest BCUT2D eigenvalue weighted by atomic mass is 16.4. The third-order valence-electron chi connectivity index (χ3n) is 4.34. The third-order valence-corrected chi connectivity index (χ3v) is 4.34. The van der Waals surface area contributed by atoms with Gasteiger partial charge in [0.2, 0.25) is 0 Å². The molecule has 0 spiro atoms. The molecule has 0 amide bonds. The van der Waals surface area contributed by atoms with Gasteiger partial charge in [-0.05, 0) is 24.1 Å². The van der Waals surface area contributed by atoms with Crippen LogP contribution >= 0.6 is 0 Å². The molecule has 1 heterocycles. The van der Waals surface area contributed by atoms with Gasteiger partial charge in [0, 0.05) is 26.0 Å².